The molecule has 0 unspecified atom stereocenters. The summed E-state index contributed by atoms with van der Waals surface area (Å²) in [5, 5.41) is 11.6. The molecular weight excluding hydrogens is 403 g/mol. The molecule has 0 saturated carbocycles. The second kappa shape index (κ2) is 8.79. The molecule has 1 amide bonds. The van der Waals surface area contributed by atoms with Crippen LogP contribution >= 0.6 is 11.6 Å². The standard InChI is InChI=1S/C23H22ClFN4O/c1-15-3-2-4-17(13-15)21-7-8-22(28-27-21)29-11-9-16(10-12-29)23(30)26-18-5-6-20(25)19(24)14-18/h2-8,13-14,16H,9-12H2,1H3,(H,26,30). The minimum Gasteiger partial charge on any atom is -0.355 e. The molecule has 2 heterocycles. The number of aromatic nitrogens is 2. The highest BCUT2D eigenvalue weighted by Crippen LogP contribution is 2.25. The summed E-state index contributed by atoms with van der Waals surface area (Å²) in [6, 6.07) is 16.3. The Morgan fingerprint density at radius 3 is 2.57 bits per heavy atom. The molecule has 0 radical (unpaired) electrons. The number of nitrogens with one attached hydrogen (secondary N) is 1. The van der Waals surface area contributed by atoms with E-state index in [1.54, 1.807) is 0 Å². The molecule has 154 valence electrons. The Labute approximate surface area is 179 Å². The first-order valence-corrected chi connectivity index (χ1v) is 10.3. The molecule has 4 rings (SSSR count). The summed E-state index contributed by atoms with van der Waals surface area (Å²) in [7, 11) is 0. The Bertz CT molecular complexity index is 1050. The maximum absolute atomic E-state index is 13.3. The maximum Gasteiger partial charge on any atom is 0.227 e. The van der Waals surface area contributed by atoms with Crippen molar-refractivity contribution in [2.45, 2.75) is 19.8 Å². The van der Waals surface area contributed by atoms with Gasteiger partial charge in [0.2, 0.25) is 5.91 Å². The summed E-state index contributed by atoms with van der Waals surface area (Å²) in [5.41, 5.74) is 3.58. The fourth-order valence-corrected chi connectivity index (χ4v) is 3.82. The van der Waals surface area contributed by atoms with Crippen molar-refractivity contribution < 1.29 is 9.18 Å². The van der Waals surface area contributed by atoms with Crippen LogP contribution in [0.4, 0.5) is 15.9 Å². The van der Waals surface area contributed by atoms with Crippen LogP contribution < -0.4 is 10.2 Å². The van der Waals surface area contributed by atoms with Crippen molar-refractivity contribution in [1.82, 2.24) is 10.2 Å². The molecular formula is C23H22ClFN4O. The lowest BCUT2D eigenvalue weighted by Crippen LogP contribution is -2.38. The fourth-order valence-electron chi connectivity index (χ4n) is 3.64. The van der Waals surface area contributed by atoms with Crippen LogP contribution in [0, 0.1) is 18.7 Å². The van der Waals surface area contributed by atoms with E-state index in [0.717, 1.165) is 30.2 Å². The van der Waals surface area contributed by atoms with Crippen LogP contribution in [0.15, 0.2) is 54.6 Å². The van der Waals surface area contributed by atoms with E-state index in [4.69, 9.17) is 11.6 Å². The van der Waals surface area contributed by atoms with E-state index in [1.165, 1.54) is 23.8 Å². The summed E-state index contributed by atoms with van der Waals surface area (Å²) in [6.45, 7) is 3.50. The van der Waals surface area contributed by atoms with Crippen molar-refractivity contribution in [3.63, 3.8) is 0 Å². The smallest absolute Gasteiger partial charge is 0.227 e. The number of halogens is 2. The van der Waals surface area contributed by atoms with Gasteiger partial charge in [-0.05, 0) is 56.2 Å². The van der Waals surface area contributed by atoms with E-state index in [1.807, 2.05) is 24.3 Å². The fraction of sp³-hybridized carbons (Fsp3) is 0.261. The average molecular weight is 425 g/mol. The first-order valence-electron chi connectivity index (χ1n) is 9.91. The van der Waals surface area contributed by atoms with Gasteiger partial charge in [-0.1, -0.05) is 35.4 Å². The molecule has 2 aromatic carbocycles. The lowest BCUT2D eigenvalue weighted by molar-refractivity contribution is -0.120. The molecule has 1 aliphatic rings. The van der Waals surface area contributed by atoms with Crippen LogP contribution in [0.5, 0.6) is 0 Å². The summed E-state index contributed by atoms with van der Waals surface area (Å²) >= 11 is 5.78. The van der Waals surface area contributed by atoms with Gasteiger partial charge in [0.15, 0.2) is 5.82 Å². The van der Waals surface area contributed by atoms with Gasteiger partial charge in [-0.15, -0.1) is 10.2 Å². The third-order valence-corrected chi connectivity index (χ3v) is 5.63. The highest BCUT2D eigenvalue weighted by molar-refractivity contribution is 6.31. The summed E-state index contributed by atoms with van der Waals surface area (Å²) in [4.78, 5) is 14.7. The monoisotopic (exact) mass is 424 g/mol. The normalized spacial score (nSPS) is 14.6. The SMILES string of the molecule is Cc1cccc(-c2ccc(N3CCC(C(=O)Nc4ccc(F)c(Cl)c4)CC3)nn2)c1. The molecule has 5 nitrogen and oxygen atoms in total. The van der Waals surface area contributed by atoms with Gasteiger partial charge in [0.05, 0.1) is 10.7 Å². The van der Waals surface area contributed by atoms with Crippen LogP contribution in [0.2, 0.25) is 5.02 Å². The van der Waals surface area contributed by atoms with Crippen LogP contribution in [0.25, 0.3) is 11.3 Å². The van der Waals surface area contributed by atoms with Gasteiger partial charge in [0.25, 0.3) is 0 Å². The number of carbonyl (C=O) groups is 1. The Balaban J connectivity index is 1.34. The predicted molar refractivity (Wildman–Crippen MR) is 117 cm³/mol. The predicted octanol–water partition coefficient (Wildman–Crippen LogP) is 5.10. The van der Waals surface area contributed by atoms with Gasteiger partial charge in [0.1, 0.15) is 5.82 Å². The Morgan fingerprint density at radius 1 is 1.10 bits per heavy atom. The van der Waals surface area contributed by atoms with Gasteiger partial charge in [-0.3, -0.25) is 4.79 Å². The second-order valence-electron chi connectivity index (χ2n) is 7.53. The van der Waals surface area contributed by atoms with E-state index in [0.29, 0.717) is 18.5 Å². The highest BCUT2D eigenvalue weighted by Gasteiger charge is 2.26. The molecule has 7 heteroatoms. The number of rotatable bonds is 4. The van der Waals surface area contributed by atoms with Crippen molar-refractivity contribution in [3.8, 4) is 11.3 Å². The topological polar surface area (TPSA) is 58.1 Å². The van der Waals surface area contributed by atoms with E-state index in [2.05, 4.69) is 39.5 Å². The molecule has 0 atom stereocenters. The van der Waals surface area contributed by atoms with Gasteiger partial charge < -0.3 is 10.2 Å². The van der Waals surface area contributed by atoms with Crippen molar-refractivity contribution in [2.24, 2.45) is 5.92 Å². The van der Waals surface area contributed by atoms with Crippen molar-refractivity contribution >= 4 is 29.0 Å². The quantitative estimate of drug-likeness (QED) is 0.633. The van der Waals surface area contributed by atoms with Crippen LogP contribution in [0.1, 0.15) is 18.4 Å². The van der Waals surface area contributed by atoms with Crippen molar-refractivity contribution in [3.05, 3.63) is 71.0 Å². The zero-order valence-corrected chi connectivity index (χ0v) is 17.4. The number of amides is 1. The largest absolute Gasteiger partial charge is 0.355 e. The molecule has 1 N–H and O–H groups in total. The average Bonchev–Trinajstić information content (AvgIpc) is 2.76. The first kappa shape index (κ1) is 20.3. The Morgan fingerprint density at radius 2 is 1.90 bits per heavy atom. The zero-order chi connectivity index (χ0) is 21.1. The molecule has 30 heavy (non-hydrogen) atoms. The number of benzene rings is 2. The molecule has 1 aromatic heterocycles. The minimum absolute atomic E-state index is 0.00435. The number of piperidine rings is 1. The number of nitrogens with zero attached hydrogens (tertiary/aromatic N) is 3. The van der Waals surface area contributed by atoms with E-state index < -0.39 is 5.82 Å². The summed E-state index contributed by atoms with van der Waals surface area (Å²) in [6.07, 6.45) is 1.42. The van der Waals surface area contributed by atoms with Gasteiger partial charge in [0, 0.05) is 30.3 Å². The van der Waals surface area contributed by atoms with E-state index >= 15 is 0 Å². The lowest BCUT2D eigenvalue weighted by atomic mass is 9.95. The molecule has 1 aliphatic heterocycles. The number of hydrogen-bond donors (Lipinski definition) is 1. The number of carbonyl (C=O) groups excluding carboxylic acids is 1. The second-order valence-corrected chi connectivity index (χ2v) is 7.93. The lowest BCUT2D eigenvalue weighted by Gasteiger charge is -2.31. The number of aryl methyl sites for hydroxylation is 1. The maximum atomic E-state index is 13.3. The Kier molecular flexibility index (Phi) is 5.95. The summed E-state index contributed by atoms with van der Waals surface area (Å²) < 4.78 is 13.3. The van der Waals surface area contributed by atoms with Crippen molar-refractivity contribution in [2.75, 3.05) is 23.3 Å². The molecule has 3 aromatic rings. The van der Waals surface area contributed by atoms with Gasteiger partial charge in [-0.2, -0.15) is 0 Å². The van der Waals surface area contributed by atoms with Crippen LogP contribution in [-0.2, 0) is 4.79 Å². The Hall–Kier alpha value is -2.99. The molecule has 1 fully saturated rings. The molecule has 0 aliphatic carbocycles. The van der Waals surface area contributed by atoms with Gasteiger partial charge >= 0.3 is 0 Å². The minimum atomic E-state index is -0.502. The first-order chi connectivity index (χ1) is 14.5. The van der Waals surface area contributed by atoms with E-state index in [-0.39, 0.29) is 16.8 Å². The van der Waals surface area contributed by atoms with Gasteiger partial charge in [-0.25, -0.2) is 4.39 Å². The summed E-state index contributed by atoms with van der Waals surface area (Å²) in [5.74, 6) is 0.135. The van der Waals surface area contributed by atoms with Crippen LogP contribution in [-0.4, -0.2) is 29.2 Å². The van der Waals surface area contributed by atoms with Crippen molar-refractivity contribution in [1.29, 1.82) is 0 Å². The highest BCUT2D eigenvalue weighted by atomic mass is 35.5. The zero-order valence-electron chi connectivity index (χ0n) is 16.6. The molecule has 0 bridgehead atoms. The third kappa shape index (κ3) is 4.60. The third-order valence-electron chi connectivity index (χ3n) is 5.34. The number of anilines is 2. The number of hydrogen-bond acceptors (Lipinski definition) is 4. The van der Waals surface area contributed by atoms with E-state index in [9.17, 15) is 9.18 Å². The molecule has 0 spiro atoms. The van der Waals surface area contributed by atoms with Crippen LogP contribution in [0.3, 0.4) is 0 Å². The molecule has 1 saturated heterocycles.